The van der Waals surface area contributed by atoms with E-state index < -0.39 is 12.7 Å². The molecule has 0 amide bonds. The molecule has 0 aromatic carbocycles. The van der Waals surface area contributed by atoms with E-state index >= 15 is 0 Å². The van der Waals surface area contributed by atoms with Crippen molar-refractivity contribution in [2.45, 2.75) is 51.6 Å². The van der Waals surface area contributed by atoms with Crippen molar-refractivity contribution in [3.8, 4) is 0 Å². The summed E-state index contributed by atoms with van der Waals surface area (Å²) < 4.78 is 0. The molecule has 78 valence electrons. The zero-order valence-corrected chi connectivity index (χ0v) is 8.33. The minimum atomic E-state index is -1.16. The molecule has 0 saturated heterocycles. The largest absolute Gasteiger partial charge is 0.393 e. The van der Waals surface area contributed by atoms with Gasteiger partial charge >= 0.3 is 0 Å². The molecule has 0 heterocycles. The monoisotopic (exact) mass is 188 g/mol. The fraction of sp³-hybridized carbons (Fsp3) is 0.900. The maximum Gasteiger partial charge on any atom is 0.163 e. The average Bonchev–Trinajstić information content (AvgIpc) is 2.16. The van der Waals surface area contributed by atoms with Crippen molar-refractivity contribution in [2.75, 3.05) is 6.61 Å². The summed E-state index contributed by atoms with van der Waals surface area (Å²) in [6.45, 7) is 1.69. The Hall–Kier alpha value is -0.410. The average molecular weight is 188 g/mol. The van der Waals surface area contributed by atoms with Gasteiger partial charge in [0.05, 0.1) is 6.61 Å². The summed E-state index contributed by atoms with van der Waals surface area (Å²) in [5.41, 5.74) is 0. The highest BCUT2D eigenvalue weighted by Gasteiger charge is 2.12. The standard InChI is InChI=1S/C10H20O3/c1-2-3-4-5-6-7-9(12)10(13)8-11/h10-11,13H,2-8H2,1H3. The number of hydrogen-bond donors (Lipinski definition) is 2. The molecule has 0 aliphatic heterocycles. The van der Waals surface area contributed by atoms with Crippen molar-refractivity contribution in [3.63, 3.8) is 0 Å². The van der Waals surface area contributed by atoms with Gasteiger partial charge in [-0.3, -0.25) is 4.79 Å². The fourth-order valence-corrected chi connectivity index (χ4v) is 1.17. The van der Waals surface area contributed by atoms with Gasteiger partial charge in [0, 0.05) is 6.42 Å². The van der Waals surface area contributed by atoms with Crippen LogP contribution in [0.25, 0.3) is 0 Å². The van der Waals surface area contributed by atoms with E-state index in [1.807, 2.05) is 0 Å². The number of ketones is 1. The van der Waals surface area contributed by atoms with Crippen molar-refractivity contribution >= 4 is 5.78 Å². The van der Waals surface area contributed by atoms with Crippen molar-refractivity contribution in [3.05, 3.63) is 0 Å². The Balaban J connectivity index is 3.27. The molecule has 13 heavy (non-hydrogen) atoms. The van der Waals surface area contributed by atoms with Crippen LogP contribution in [0.2, 0.25) is 0 Å². The van der Waals surface area contributed by atoms with E-state index in [2.05, 4.69) is 6.92 Å². The Labute approximate surface area is 79.8 Å². The van der Waals surface area contributed by atoms with Gasteiger partial charge in [-0.25, -0.2) is 0 Å². The molecule has 3 heteroatoms. The highest BCUT2D eigenvalue weighted by molar-refractivity contribution is 5.82. The minimum Gasteiger partial charge on any atom is -0.393 e. The molecule has 1 unspecified atom stereocenters. The predicted octanol–water partition coefficient (Wildman–Crippen LogP) is 1.27. The molecule has 0 saturated carbocycles. The van der Waals surface area contributed by atoms with Crippen molar-refractivity contribution in [1.82, 2.24) is 0 Å². The number of Topliss-reactive ketones (excluding diaryl/α,β-unsaturated/α-hetero) is 1. The lowest BCUT2D eigenvalue weighted by atomic mass is 10.1. The van der Waals surface area contributed by atoms with Crippen LogP contribution in [0.1, 0.15) is 45.4 Å². The van der Waals surface area contributed by atoms with E-state index in [0.29, 0.717) is 6.42 Å². The van der Waals surface area contributed by atoms with Crippen LogP contribution in [0.15, 0.2) is 0 Å². The highest BCUT2D eigenvalue weighted by atomic mass is 16.3. The molecule has 3 nitrogen and oxygen atoms in total. The van der Waals surface area contributed by atoms with Gasteiger partial charge in [0.15, 0.2) is 5.78 Å². The van der Waals surface area contributed by atoms with Gasteiger partial charge in [0.2, 0.25) is 0 Å². The molecular weight excluding hydrogens is 168 g/mol. The van der Waals surface area contributed by atoms with Crippen LogP contribution in [-0.4, -0.2) is 28.7 Å². The van der Waals surface area contributed by atoms with Gasteiger partial charge < -0.3 is 10.2 Å². The lowest BCUT2D eigenvalue weighted by Crippen LogP contribution is -2.23. The summed E-state index contributed by atoms with van der Waals surface area (Å²) in [4.78, 5) is 11.0. The van der Waals surface area contributed by atoms with Gasteiger partial charge in [0.25, 0.3) is 0 Å². The van der Waals surface area contributed by atoms with Crippen LogP contribution in [0.5, 0.6) is 0 Å². The van der Waals surface area contributed by atoms with Gasteiger partial charge in [-0.15, -0.1) is 0 Å². The second-order valence-electron chi connectivity index (χ2n) is 3.33. The molecule has 0 radical (unpaired) electrons. The maximum atomic E-state index is 11.0. The van der Waals surface area contributed by atoms with E-state index in [0.717, 1.165) is 19.3 Å². The minimum absolute atomic E-state index is 0.237. The Kier molecular flexibility index (Phi) is 7.94. The van der Waals surface area contributed by atoms with Crippen LogP contribution >= 0.6 is 0 Å². The first-order valence-corrected chi connectivity index (χ1v) is 5.04. The Morgan fingerprint density at radius 1 is 1.23 bits per heavy atom. The third-order valence-electron chi connectivity index (χ3n) is 2.07. The summed E-state index contributed by atoms with van der Waals surface area (Å²) in [6.07, 6.45) is 4.65. The molecule has 0 fully saturated rings. The number of carbonyl (C=O) groups is 1. The van der Waals surface area contributed by atoms with Crippen LogP contribution < -0.4 is 0 Å². The summed E-state index contributed by atoms with van der Waals surface area (Å²) in [7, 11) is 0. The first-order valence-electron chi connectivity index (χ1n) is 5.04. The molecule has 0 spiro atoms. The van der Waals surface area contributed by atoms with E-state index in [4.69, 9.17) is 10.2 Å². The van der Waals surface area contributed by atoms with Crippen LogP contribution in [0.3, 0.4) is 0 Å². The van der Waals surface area contributed by atoms with Crippen LogP contribution in [0.4, 0.5) is 0 Å². The van der Waals surface area contributed by atoms with Crippen molar-refractivity contribution in [2.24, 2.45) is 0 Å². The predicted molar refractivity (Wildman–Crippen MR) is 51.5 cm³/mol. The number of hydrogen-bond acceptors (Lipinski definition) is 3. The number of aliphatic hydroxyl groups excluding tert-OH is 2. The van der Waals surface area contributed by atoms with E-state index in [1.54, 1.807) is 0 Å². The fourth-order valence-electron chi connectivity index (χ4n) is 1.17. The lowest BCUT2D eigenvalue weighted by Gasteiger charge is -2.05. The smallest absolute Gasteiger partial charge is 0.163 e. The van der Waals surface area contributed by atoms with Gasteiger partial charge in [-0.1, -0.05) is 32.6 Å². The zero-order chi connectivity index (χ0) is 10.1. The van der Waals surface area contributed by atoms with Gasteiger partial charge in [-0.05, 0) is 6.42 Å². The molecule has 2 N–H and O–H groups in total. The molecule has 1 atom stereocenters. The summed E-state index contributed by atoms with van der Waals surface area (Å²) in [5, 5.41) is 17.4. The normalized spacial score (nSPS) is 12.8. The SMILES string of the molecule is CCCCCCCC(=O)C(O)CO. The van der Waals surface area contributed by atoms with E-state index in [9.17, 15) is 4.79 Å². The number of aliphatic hydroxyl groups is 2. The van der Waals surface area contributed by atoms with Gasteiger partial charge in [-0.2, -0.15) is 0 Å². The Bertz CT molecular complexity index is 134. The summed E-state index contributed by atoms with van der Waals surface area (Å²) >= 11 is 0. The number of unbranched alkanes of at least 4 members (excludes halogenated alkanes) is 4. The second-order valence-corrected chi connectivity index (χ2v) is 3.33. The first kappa shape index (κ1) is 12.6. The van der Waals surface area contributed by atoms with E-state index in [-0.39, 0.29) is 5.78 Å². The third-order valence-corrected chi connectivity index (χ3v) is 2.07. The molecule has 0 rings (SSSR count). The summed E-state index contributed by atoms with van der Waals surface area (Å²) in [6, 6.07) is 0. The Morgan fingerprint density at radius 2 is 1.85 bits per heavy atom. The van der Waals surface area contributed by atoms with Crippen molar-refractivity contribution in [1.29, 1.82) is 0 Å². The molecule has 0 aromatic rings. The third kappa shape index (κ3) is 6.72. The molecule has 0 aliphatic rings. The number of carbonyl (C=O) groups excluding carboxylic acids is 1. The highest BCUT2D eigenvalue weighted by Crippen LogP contribution is 2.06. The first-order chi connectivity index (χ1) is 6.22. The molecule has 0 aromatic heterocycles. The lowest BCUT2D eigenvalue weighted by molar-refractivity contribution is -0.129. The number of rotatable bonds is 8. The van der Waals surface area contributed by atoms with E-state index in [1.165, 1.54) is 12.8 Å². The maximum absolute atomic E-state index is 11.0. The quantitative estimate of drug-likeness (QED) is 0.564. The molecular formula is C10H20O3. The zero-order valence-electron chi connectivity index (χ0n) is 8.33. The summed E-state index contributed by atoms with van der Waals surface area (Å²) in [5.74, 6) is -0.237. The second kappa shape index (κ2) is 8.20. The van der Waals surface area contributed by atoms with Crippen LogP contribution in [-0.2, 0) is 4.79 Å². The van der Waals surface area contributed by atoms with Crippen LogP contribution in [0, 0.1) is 0 Å². The molecule has 0 aliphatic carbocycles. The van der Waals surface area contributed by atoms with Gasteiger partial charge in [0.1, 0.15) is 6.10 Å². The van der Waals surface area contributed by atoms with Crippen molar-refractivity contribution < 1.29 is 15.0 Å². The topological polar surface area (TPSA) is 57.5 Å². The molecule has 0 bridgehead atoms. The Morgan fingerprint density at radius 3 is 2.38 bits per heavy atom.